The van der Waals surface area contributed by atoms with Crippen LogP contribution >= 0.6 is 0 Å². The zero-order valence-corrected chi connectivity index (χ0v) is 13.9. The Balaban J connectivity index is 1.73. The molecule has 23 heavy (non-hydrogen) atoms. The second-order valence-corrected chi connectivity index (χ2v) is 5.99. The Kier molecular flexibility index (Phi) is 6.52. The van der Waals surface area contributed by atoms with Gasteiger partial charge in [-0.1, -0.05) is 0 Å². The van der Waals surface area contributed by atoms with Crippen LogP contribution in [0, 0.1) is 0 Å². The number of ketones is 1. The molecule has 2 heterocycles. The van der Waals surface area contributed by atoms with Crippen molar-refractivity contribution in [2.75, 3.05) is 26.7 Å². The molecule has 1 amide bonds. The lowest BCUT2D eigenvalue weighted by atomic mass is 10.1. The Morgan fingerprint density at radius 2 is 2.22 bits per heavy atom. The van der Waals surface area contributed by atoms with Crippen LogP contribution in [-0.2, 0) is 9.59 Å². The van der Waals surface area contributed by atoms with Gasteiger partial charge in [0.05, 0.1) is 12.7 Å². The average Bonchev–Trinajstić information content (AvgIpc) is 2.96. The van der Waals surface area contributed by atoms with E-state index < -0.39 is 0 Å². The van der Waals surface area contributed by atoms with Crippen LogP contribution in [-0.4, -0.2) is 48.3 Å². The van der Waals surface area contributed by atoms with Crippen molar-refractivity contribution in [3.05, 3.63) is 24.0 Å². The first-order valence-electron chi connectivity index (χ1n) is 8.10. The van der Waals surface area contributed by atoms with Crippen LogP contribution in [0.2, 0.25) is 0 Å². The molecule has 1 aromatic rings. The average molecular weight is 319 g/mol. The molecule has 0 aromatic carbocycles. The van der Waals surface area contributed by atoms with Gasteiger partial charge in [0.15, 0.2) is 0 Å². The Hall–Kier alpha value is -1.95. The number of nitrogens with one attached hydrogen (secondary N) is 1. The third kappa shape index (κ3) is 5.63. The topological polar surface area (TPSA) is 71.5 Å². The molecule has 0 saturated carbocycles. The number of hydrogen-bond donors (Lipinski definition) is 1. The van der Waals surface area contributed by atoms with E-state index in [-0.39, 0.29) is 24.5 Å². The van der Waals surface area contributed by atoms with Crippen molar-refractivity contribution in [3.8, 4) is 5.75 Å². The van der Waals surface area contributed by atoms with Crippen molar-refractivity contribution in [1.29, 1.82) is 0 Å². The van der Waals surface area contributed by atoms with E-state index in [1.165, 1.54) is 18.9 Å². The van der Waals surface area contributed by atoms with Gasteiger partial charge in [-0.05, 0) is 45.0 Å². The Morgan fingerprint density at radius 1 is 1.39 bits per heavy atom. The predicted molar refractivity (Wildman–Crippen MR) is 87.3 cm³/mol. The fourth-order valence-corrected chi connectivity index (χ4v) is 2.77. The summed E-state index contributed by atoms with van der Waals surface area (Å²) in [6, 6.07) is 2.44. The van der Waals surface area contributed by atoms with Crippen LogP contribution in [0.3, 0.4) is 0 Å². The summed E-state index contributed by atoms with van der Waals surface area (Å²) in [5.41, 5.74) is 1.17. The van der Waals surface area contributed by atoms with Gasteiger partial charge in [0.25, 0.3) is 0 Å². The lowest BCUT2D eigenvalue weighted by Gasteiger charge is -2.19. The molecule has 0 aliphatic carbocycles. The third-order valence-corrected chi connectivity index (χ3v) is 4.04. The highest BCUT2D eigenvalue weighted by atomic mass is 16.5. The monoisotopic (exact) mass is 319 g/mol. The molecule has 6 nitrogen and oxygen atoms in total. The number of Topliss-reactive ketones (excluding diaryl/α,β-unsaturated/α-hetero) is 1. The van der Waals surface area contributed by atoms with E-state index in [0.717, 1.165) is 18.7 Å². The Labute approximate surface area is 137 Å². The zero-order valence-electron chi connectivity index (χ0n) is 13.9. The van der Waals surface area contributed by atoms with Gasteiger partial charge in [-0.15, -0.1) is 0 Å². The van der Waals surface area contributed by atoms with Gasteiger partial charge in [0, 0.05) is 25.1 Å². The van der Waals surface area contributed by atoms with Gasteiger partial charge >= 0.3 is 0 Å². The largest absolute Gasteiger partial charge is 0.490 e. The van der Waals surface area contributed by atoms with E-state index in [9.17, 15) is 9.59 Å². The summed E-state index contributed by atoms with van der Waals surface area (Å²) in [6.07, 6.45) is 6.46. The number of ether oxygens (including phenoxy) is 1. The summed E-state index contributed by atoms with van der Waals surface area (Å²) < 4.78 is 5.65. The molecular formula is C17H25N3O3. The molecule has 1 aliphatic heterocycles. The highest BCUT2D eigenvalue weighted by Gasteiger charge is 2.23. The van der Waals surface area contributed by atoms with Crippen molar-refractivity contribution >= 4 is 11.7 Å². The highest BCUT2D eigenvalue weighted by Crippen LogP contribution is 2.31. The van der Waals surface area contributed by atoms with Gasteiger partial charge in [0.1, 0.15) is 18.1 Å². The van der Waals surface area contributed by atoms with Crippen molar-refractivity contribution in [1.82, 2.24) is 15.2 Å². The summed E-state index contributed by atoms with van der Waals surface area (Å²) in [5, 5.41) is 2.74. The minimum absolute atomic E-state index is 0.0242. The van der Waals surface area contributed by atoms with E-state index >= 15 is 0 Å². The molecule has 126 valence electrons. The van der Waals surface area contributed by atoms with Crippen molar-refractivity contribution in [2.45, 2.75) is 38.6 Å². The van der Waals surface area contributed by atoms with Crippen LogP contribution in [0.15, 0.2) is 18.5 Å². The van der Waals surface area contributed by atoms with E-state index in [1.54, 1.807) is 6.20 Å². The van der Waals surface area contributed by atoms with Gasteiger partial charge in [-0.2, -0.15) is 0 Å². The fourth-order valence-electron chi connectivity index (χ4n) is 2.77. The van der Waals surface area contributed by atoms with E-state index in [2.05, 4.69) is 22.2 Å². The minimum Gasteiger partial charge on any atom is -0.490 e. The molecule has 1 N–H and O–H groups in total. The van der Waals surface area contributed by atoms with E-state index in [1.807, 2.05) is 12.3 Å². The number of carbonyl (C=O) groups excluding carboxylic acids is 2. The summed E-state index contributed by atoms with van der Waals surface area (Å²) in [5.74, 6) is 0.625. The summed E-state index contributed by atoms with van der Waals surface area (Å²) in [6.45, 7) is 3.40. The van der Waals surface area contributed by atoms with E-state index in [0.29, 0.717) is 19.2 Å². The molecule has 1 aliphatic rings. The number of likely N-dealkylation sites (tertiary alicyclic amines) is 1. The molecule has 1 fully saturated rings. The number of nitrogens with zero attached hydrogens (tertiary/aromatic N) is 2. The van der Waals surface area contributed by atoms with Crippen molar-refractivity contribution in [3.63, 3.8) is 0 Å². The smallest absolute Gasteiger partial charge is 0.220 e. The molecular weight excluding hydrogens is 294 g/mol. The fraction of sp³-hybridized carbons (Fsp3) is 0.588. The molecule has 1 atom stereocenters. The number of pyridine rings is 1. The number of amides is 1. The first-order valence-corrected chi connectivity index (χ1v) is 8.10. The molecule has 0 radical (unpaired) electrons. The minimum atomic E-state index is -0.122. The highest BCUT2D eigenvalue weighted by molar-refractivity contribution is 5.83. The van der Waals surface area contributed by atoms with Gasteiger partial charge in [-0.3, -0.25) is 14.7 Å². The predicted octanol–water partition coefficient (Wildman–Crippen LogP) is 1.71. The summed E-state index contributed by atoms with van der Waals surface area (Å²) >= 11 is 0. The summed E-state index contributed by atoms with van der Waals surface area (Å²) in [4.78, 5) is 28.9. The number of rotatable bonds is 8. The first-order chi connectivity index (χ1) is 11.1. The van der Waals surface area contributed by atoms with Gasteiger partial charge in [0.2, 0.25) is 5.91 Å². The molecule has 6 heteroatoms. The first kappa shape index (κ1) is 17.4. The van der Waals surface area contributed by atoms with E-state index in [4.69, 9.17) is 4.74 Å². The quantitative estimate of drug-likeness (QED) is 0.739. The molecule has 2 rings (SSSR count). The Morgan fingerprint density at radius 3 is 2.91 bits per heavy atom. The lowest BCUT2D eigenvalue weighted by Crippen LogP contribution is -2.28. The number of hydrogen-bond acceptors (Lipinski definition) is 5. The SMILES string of the molecule is CC(=O)CCC(=O)NCCOc1cncc([C@@H]2CCCN2C)c1. The normalized spacial score (nSPS) is 17.9. The standard InChI is InChI=1S/C17H25N3O3/c1-13(21)5-6-17(22)19-7-9-23-15-10-14(11-18-12-15)16-4-3-8-20(16)2/h10-12,16H,3-9H2,1-2H3,(H,19,22)/t16-/m0/s1. The second-order valence-electron chi connectivity index (χ2n) is 5.99. The maximum Gasteiger partial charge on any atom is 0.220 e. The van der Waals surface area contributed by atoms with Crippen LogP contribution in [0.4, 0.5) is 0 Å². The molecule has 1 aromatic heterocycles. The number of aromatic nitrogens is 1. The van der Waals surface area contributed by atoms with Crippen LogP contribution in [0.1, 0.15) is 44.2 Å². The van der Waals surface area contributed by atoms with Gasteiger partial charge < -0.3 is 14.8 Å². The van der Waals surface area contributed by atoms with Crippen molar-refractivity contribution in [2.24, 2.45) is 0 Å². The maximum atomic E-state index is 11.5. The second kappa shape index (κ2) is 8.62. The zero-order chi connectivity index (χ0) is 16.7. The summed E-state index contributed by atoms with van der Waals surface area (Å²) in [7, 11) is 2.13. The molecule has 0 bridgehead atoms. The lowest BCUT2D eigenvalue weighted by molar-refractivity contribution is -0.124. The van der Waals surface area contributed by atoms with Crippen LogP contribution in [0.25, 0.3) is 0 Å². The Bertz CT molecular complexity index is 548. The molecule has 1 saturated heterocycles. The van der Waals surface area contributed by atoms with Crippen LogP contribution < -0.4 is 10.1 Å². The number of carbonyl (C=O) groups is 2. The van der Waals surface area contributed by atoms with Crippen molar-refractivity contribution < 1.29 is 14.3 Å². The molecule has 0 unspecified atom stereocenters. The van der Waals surface area contributed by atoms with Crippen LogP contribution in [0.5, 0.6) is 5.75 Å². The molecule has 0 spiro atoms. The third-order valence-electron chi connectivity index (χ3n) is 4.04. The maximum absolute atomic E-state index is 11.5. The van der Waals surface area contributed by atoms with Gasteiger partial charge in [-0.25, -0.2) is 0 Å².